The SMILES string of the molecule is CN(c1ccccc1)c1cc(NCc2ccccc2)c(S(=O)(=O)O)cc1S(N)(=O)=O. The van der Waals surface area contributed by atoms with E-state index in [0.717, 1.165) is 11.6 Å². The number of benzene rings is 3. The molecule has 0 aromatic heterocycles. The van der Waals surface area contributed by atoms with Crippen LogP contribution in [0.2, 0.25) is 0 Å². The van der Waals surface area contributed by atoms with E-state index in [1.807, 2.05) is 36.4 Å². The summed E-state index contributed by atoms with van der Waals surface area (Å²) in [7, 11) is -7.39. The molecule has 30 heavy (non-hydrogen) atoms. The fourth-order valence-electron chi connectivity index (χ4n) is 2.98. The highest BCUT2D eigenvalue weighted by atomic mass is 32.2. The van der Waals surface area contributed by atoms with Crippen LogP contribution in [0.3, 0.4) is 0 Å². The Labute approximate surface area is 175 Å². The summed E-state index contributed by atoms with van der Waals surface area (Å²) >= 11 is 0. The number of primary sulfonamides is 1. The van der Waals surface area contributed by atoms with Crippen LogP contribution in [0.25, 0.3) is 0 Å². The molecular weight excluding hydrogens is 426 g/mol. The van der Waals surface area contributed by atoms with E-state index in [2.05, 4.69) is 5.32 Å². The van der Waals surface area contributed by atoms with Crippen LogP contribution in [0.1, 0.15) is 5.56 Å². The van der Waals surface area contributed by atoms with Gasteiger partial charge >= 0.3 is 0 Å². The maximum Gasteiger partial charge on any atom is 0.296 e. The summed E-state index contributed by atoms with van der Waals surface area (Å²) in [6, 6.07) is 20.3. The number of nitrogens with two attached hydrogens (primary N) is 1. The Kier molecular flexibility index (Phi) is 6.13. The zero-order chi connectivity index (χ0) is 21.9. The highest BCUT2D eigenvalue weighted by molar-refractivity contribution is 7.89. The van der Waals surface area contributed by atoms with Gasteiger partial charge < -0.3 is 10.2 Å². The third-order valence-corrected chi connectivity index (χ3v) is 6.31. The number of rotatable bonds is 7. The lowest BCUT2D eigenvalue weighted by Gasteiger charge is -2.24. The Morgan fingerprint density at radius 3 is 2.00 bits per heavy atom. The summed E-state index contributed by atoms with van der Waals surface area (Å²) < 4.78 is 58.0. The summed E-state index contributed by atoms with van der Waals surface area (Å²) in [4.78, 5) is 0.570. The molecule has 4 N–H and O–H groups in total. The number of hydrogen-bond donors (Lipinski definition) is 3. The van der Waals surface area contributed by atoms with Crippen LogP contribution < -0.4 is 15.4 Å². The number of anilines is 3. The van der Waals surface area contributed by atoms with Crippen molar-refractivity contribution < 1.29 is 21.4 Å². The number of nitrogens with zero attached hydrogens (tertiary/aromatic N) is 1. The number of para-hydroxylation sites is 1. The van der Waals surface area contributed by atoms with Crippen molar-refractivity contribution in [3.05, 3.63) is 78.4 Å². The molecule has 0 fully saturated rings. The first-order chi connectivity index (χ1) is 14.1. The van der Waals surface area contributed by atoms with E-state index in [1.54, 1.807) is 36.2 Å². The van der Waals surface area contributed by atoms with Gasteiger partial charge in [-0.05, 0) is 29.8 Å². The molecule has 0 radical (unpaired) electrons. The van der Waals surface area contributed by atoms with Crippen LogP contribution in [0.15, 0.2) is 82.6 Å². The molecule has 3 aromatic carbocycles. The minimum Gasteiger partial charge on any atom is -0.380 e. The zero-order valence-electron chi connectivity index (χ0n) is 16.1. The Hall–Kier alpha value is -2.92. The second-order valence-electron chi connectivity index (χ2n) is 6.57. The lowest BCUT2D eigenvalue weighted by Crippen LogP contribution is -2.20. The minimum atomic E-state index is -4.73. The molecule has 0 aliphatic rings. The summed E-state index contributed by atoms with van der Waals surface area (Å²) in [6.45, 7) is 0.257. The van der Waals surface area contributed by atoms with E-state index in [-0.39, 0.29) is 17.9 Å². The molecule has 10 heteroatoms. The molecule has 0 spiro atoms. The first-order valence-corrected chi connectivity index (χ1v) is 11.8. The second-order valence-corrected chi connectivity index (χ2v) is 9.49. The van der Waals surface area contributed by atoms with Gasteiger partial charge in [0, 0.05) is 19.3 Å². The second kappa shape index (κ2) is 8.44. The van der Waals surface area contributed by atoms with E-state index in [1.165, 1.54) is 6.07 Å². The Bertz CT molecular complexity index is 1250. The van der Waals surface area contributed by atoms with E-state index < -0.39 is 29.9 Å². The van der Waals surface area contributed by atoms with Gasteiger partial charge in [-0.15, -0.1) is 0 Å². The molecule has 0 aliphatic heterocycles. The summed E-state index contributed by atoms with van der Waals surface area (Å²) in [6.07, 6.45) is 0. The van der Waals surface area contributed by atoms with Gasteiger partial charge in [-0.1, -0.05) is 48.5 Å². The van der Waals surface area contributed by atoms with Gasteiger partial charge in [0.05, 0.1) is 11.4 Å². The van der Waals surface area contributed by atoms with Gasteiger partial charge in [0.2, 0.25) is 10.0 Å². The van der Waals surface area contributed by atoms with Crippen LogP contribution in [-0.2, 0) is 26.7 Å². The van der Waals surface area contributed by atoms with Crippen LogP contribution in [0.5, 0.6) is 0 Å². The predicted molar refractivity (Wildman–Crippen MR) is 116 cm³/mol. The van der Waals surface area contributed by atoms with Gasteiger partial charge in [-0.25, -0.2) is 13.6 Å². The molecule has 0 unspecified atom stereocenters. The Morgan fingerprint density at radius 2 is 1.47 bits per heavy atom. The van der Waals surface area contributed by atoms with Crippen molar-refractivity contribution in [2.24, 2.45) is 5.14 Å². The molecule has 0 saturated carbocycles. The fraction of sp³-hybridized carbons (Fsp3) is 0.100. The highest BCUT2D eigenvalue weighted by Gasteiger charge is 2.25. The summed E-state index contributed by atoms with van der Waals surface area (Å²) in [5.74, 6) is 0. The van der Waals surface area contributed by atoms with Crippen LogP contribution in [0.4, 0.5) is 17.1 Å². The number of hydrogen-bond acceptors (Lipinski definition) is 6. The number of sulfonamides is 1. The maximum atomic E-state index is 12.2. The summed E-state index contributed by atoms with van der Waals surface area (Å²) in [5, 5.41) is 8.31. The van der Waals surface area contributed by atoms with E-state index in [0.29, 0.717) is 5.69 Å². The summed E-state index contributed by atoms with van der Waals surface area (Å²) in [5.41, 5.74) is 1.74. The molecule has 0 aliphatic carbocycles. The van der Waals surface area contributed by atoms with Crippen molar-refractivity contribution >= 4 is 37.2 Å². The fourth-order valence-corrected chi connectivity index (χ4v) is 4.49. The third-order valence-electron chi connectivity index (χ3n) is 4.48. The molecule has 0 heterocycles. The van der Waals surface area contributed by atoms with Crippen LogP contribution in [0, 0.1) is 0 Å². The molecule has 3 rings (SSSR count). The smallest absolute Gasteiger partial charge is 0.296 e. The topological polar surface area (TPSA) is 130 Å². The number of nitrogens with one attached hydrogen (secondary N) is 1. The standard InChI is InChI=1S/C20H21N3O5S2/c1-23(16-10-6-3-7-11-16)18-12-17(22-14-15-8-4-2-5-9-15)19(30(26,27)28)13-20(18)29(21,24)25/h2-13,22H,14H2,1H3,(H2,21,24,25)(H,26,27,28). The molecular formula is C20H21N3O5S2. The lowest BCUT2D eigenvalue weighted by molar-refractivity contribution is 0.483. The third kappa shape index (κ3) is 4.97. The van der Waals surface area contributed by atoms with Crippen molar-refractivity contribution in [3.63, 3.8) is 0 Å². The molecule has 0 amide bonds. The Balaban J connectivity index is 2.17. The van der Waals surface area contributed by atoms with Gasteiger partial charge in [-0.2, -0.15) is 8.42 Å². The van der Waals surface area contributed by atoms with Gasteiger partial charge in [-0.3, -0.25) is 4.55 Å². The van der Waals surface area contributed by atoms with Crippen molar-refractivity contribution in [2.45, 2.75) is 16.3 Å². The maximum absolute atomic E-state index is 12.2. The first kappa shape index (κ1) is 21.8. The van der Waals surface area contributed by atoms with Crippen molar-refractivity contribution in [2.75, 3.05) is 17.3 Å². The molecule has 0 atom stereocenters. The quantitative estimate of drug-likeness (QED) is 0.475. The van der Waals surface area contributed by atoms with E-state index >= 15 is 0 Å². The molecule has 0 bridgehead atoms. The first-order valence-electron chi connectivity index (χ1n) is 8.82. The van der Waals surface area contributed by atoms with Crippen molar-refractivity contribution in [1.82, 2.24) is 0 Å². The van der Waals surface area contributed by atoms with Crippen molar-refractivity contribution in [3.8, 4) is 0 Å². The van der Waals surface area contributed by atoms with Gasteiger partial charge in [0.15, 0.2) is 0 Å². The monoisotopic (exact) mass is 447 g/mol. The van der Waals surface area contributed by atoms with Crippen LogP contribution >= 0.6 is 0 Å². The van der Waals surface area contributed by atoms with Gasteiger partial charge in [0.25, 0.3) is 10.1 Å². The normalized spacial score (nSPS) is 11.8. The minimum absolute atomic E-state index is 0.0477. The van der Waals surface area contributed by atoms with E-state index in [9.17, 15) is 21.4 Å². The Morgan fingerprint density at radius 1 is 0.900 bits per heavy atom. The predicted octanol–water partition coefficient (Wildman–Crippen LogP) is 2.96. The molecule has 158 valence electrons. The molecule has 8 nitrogen and oxygen atoms in total. The molecule has 3 aromatic rings. The lowest BCUT2D eigenvalue weighted by atomic mass is 10.2. The van der Waals surface area contributed by atoms with E-state index in [4.69, 9.17) is 5.14 Å². The highest BCUT2D eigenvalue weighted by Crippen LogP contribution is 2.36. The van der Waals surface area contributed by atoms with Crippen LogP contribution in [-0.4, -0.2) is 28.4 Å². The molecule has 0 saturated heterocycles. The van der Waals surface area contributed by atoms with Crippen molar-refractivity contribution in [1.29, 1.82) is 0 Å². The largest absolute Gasteiger partial charge is 0.380 e. The average Bonchev–Trinajstić information content (AvgIpc) is 2.71. The zero-order valence-corrected chi connectivity index (χ0v) is 17.7. The van der Waals surface area contributed by atoms with Gasteiger partial charge in [0.1, 0.15) is 9.79 Å². The average molecular weight is 448 g/mol.